The number of nitrogens with zero attached hydrogens (tertiary/aromatic N) is 1. The van der Waals surface area contributed by atoms with Gasteiger partial charge in [-0.15, -0.1) is 0 Å². The molecule has 0 aliphatic carbocycles. The van der Waals surface area contributed by atoms with E-state index in [1.54, 1.807) is 4.90 Å². The summed E-state index contributed by atoms with van der Waals surface area (Å²) in [6.45, 7) is 7.60. The third-order valence-corrected chi connectivity index (χ3v) is 3.70. The lowest BCUT2D eigenvalue weighted by Crippen LogP contribution is -2.39. The summed E-state index contributed by atoms with van der Waals surface area (Å²) in [4.78, 5) is 13.9. The predicted molar refractivity (Wildman–Crippen MR) is 84.6 cm³/mol. The van der Waals surface area contributed by atoms with Crippen molar-refractivity contribution >= 4 is 5.91 Å². The lowest BCUT2D eigenvalue weighted by molar-refractivity contribution is -0.131. The Balaban J connectivity index is 2.45. The second-order valence-corrected chi connectivity index (χ2v) is 6.29. The molecule has 0 atom stereocenters. The molecule has 112 valence electrons. The van der Waals surface area contributed by atoms with E-state index in [0.29, 0.717) is 19.5 Å². The molecule has 1 aromatic rings. The highest BCUT2D eigenvalue weighted by Gasteiger charge is 2.20. The lowest BCUT2D eigenvalue weighted by Gasteiger charge is -2.29. The largest absolute Gasteiger partial charge is 0.345 e. The van der Waals surface area contributed by atoms with Gasteiger partial charge in [0.25, 0.3) is 0 Å². The van der Waals surface area contributed by atoms with Crippen LogP contribution in [0.3, 0.4) is 0 Å². The minimum atomic E-state index is -0.0207. The molecule has 0 aliphatic rings. The molecule has 0 saturated carbocycles. The monoisotopic (exact) mass is 276 g/mol. The van der Waals surface area contributed by atoms with Crippen molar-refractivity contribution in [2.45, 2.75) is 40.0 Å². The highest BCUT2D eigenvalue weighted by molar-refractivity contribution is 5.76. The van der Waals surface area contributed by atoms with Gasteiger partial charge >= 0.3 is 0 Å². The Morgan fingerprint density at radius 1 is 1.20 bits per heavy atom. The first kappa shape index (κ1) is 16.7. The van der Waals surface area contributed by atoms with Crippen LogP contribution < -0.4 is 5.73 Å². The Morgan fingerprint density at radius 2 is 1.75 bits per heavy atom. The van der Waals surface area contributed by atoms with Crippen LogP contribution in [0.15, 0.2) is 24.3 Å². The van der Waals surface area contributed by atoms with E-state index in [1.165, 1.54) is 11.1 Å². The highest BCUT2D eigenvalue weighted by Crippen LogP contribution is 2.15. The van der Waals surface area contributed by atoms with Crippen molar-refractivity contribution < 1.29 is 4.79 Å². The van der Waals surface area contributed by atoms with Crippen molar-refractivity contribution in [2.75, 3.05) is 20.1 Å². The minimum absolute atomic E-state index is 0.0207. The second kappa shape index (κ2) is 7.44. The number of carbonyl (C=O) groups excluding carboxylic acids is 1. The van der Waals surface area contributed by atoms with Gasteiger partial charge in [-0.3, -0.25) is 4.79 Å². The number of benzene rings is 1. The number of hydrogen-bond donors (Lipinski definition) is 1. The molecule has 0 fully saturated rings. The van der Waals surface area contributed by atoms with Gasteiger partial charge < -0.3 is 10.6 Å². The van der Waals surface area contributed by atoms with E-state index in [9.17, 15) is 4.79 Å². The molecule has 0 aromatic heterocycles. The molecule has 20 heavy (non-hydrogen) atoms. The summed E-state index contributed by atoms with van der Waals surface area (Å²) in [5.41, 5.74) is 8.25. The maximum absolute atomic E-state index is 12.1. The molecule has 0 unspecified atom stereocenters. The summed E-state index contributed by atoms with van der Waals surface area (Å²) < 4.78 is 0. The topological polar surface area (TPSA) is 46.3 Å². The van der Waals surface area contributed by atoms with Crippen LogP contribution in [0.1, 0.15) is 38.3 Å². The van der Waals surface area contributed by atoms with Gasteiger partial charge in [-0.1, -0.05) is 45.0 Å². The number of rotatable bonds is 7. The van der Waals surface area contributed by atoms with Crippen LogP contribution in [0.5, 0.6) is 0 Å². The highest BCUT2D eigenvalue weighted by atomic mass is 16.2. The molecule has 0 spiro atoms. The third-order valence-electron chi connectivity index (χ3n) is 3.70. The van der Waals surface area contributed by atoms with Gasteiger partial charge in [0, 0.05) is 20.0 Å². The average molecular weight is 276 g/mol. The predicted octanol–water partition coefficient (Wildman–Crippen LogP) is 2.62. The SMILES string of the molecule is CCc1ccc(CCC(=O)N(C)CC(C)(C)CN)cc1. The first-order chi connectivity index (χ1) is 9.38. The Kier molecular flexibility index (Phi) is 6.21. The number of amides is 1. The van der Waals surface area contributed by atoms with Gasteiger partial charge in [0.2, 0.25) is 5.91 Å². The Bertz CT molecular complexity index is 423. The number of aryl methyl sites for hydroxylation is 2. The Labute approximate surface area is 123 Å². The third kappa shape index (κ3) is 5.33. The van der Waals surface area contributed by atoms with Gasteiger partial charge in [0.1, 0.15) is 0 Å². The van der Waals surface area contributed by atoms with E-state index >= 15 is 0 Å². The molecule has 0 saturated heterocycles. The van der Waals surface area contributed by atoms with E-state index in [4.69, 9.17) is 5.73 Å². The molecular formula is C17H28N2O. The summed E-state index contributed by atoms with van der Waals surface area (Å²) in [5.74, 6) is 0.186. The molecular weight excluding hydrogens is 248 g/mol. The van der Waals surface area contributed by atoms with Gasteiger partial charge in [0.05, 0.1) is 0 Å². The second-order valence-electron chi connectivity index (χ2n) is 6.29. The summed E-state index contributed by atoms with van der Waals surface area (Å²) in [6.07, 6.45) is 2.41. The van der Waals surface area contributed by atoms with Crippen molar-refractivity contribution in [3.05, 3.63) is 35.4 Å². The zero-order chi connectivity index (χ0) is 15.2. The van der Waals surface area contributed by atoms with Gasteiger partial charge in [-0.25, -0.2) is 0 Å². The van der Waals surface area contributed by atoms with Gasteiger partial charge in [-0.05, 0) is 35.9 Å². The average Bonchev–Trinajstić information content (AvgIpc) is 2.44. The Morgan fingerprint density at radius 3 is 2.25 bits per heavy atom. The first-order valence-electron chi connectivity index (χ1n) is 7.40. The van der Waals surface area contributed by atoms with Crippen LogP contribution in [-0.2, 0) is 17.6 Å². The van der Waals surface area contributed by atoms with E-state index < -0.39 is 0 Å². The van der Waals surface area contributed by atoms with Crippen LogP contribution in [0.2, 0.25) is 0 Å². The number of hydrogen-bond acceptors (Lipinski definition) is 2. The van der Waals surface area contributed by atoms with Crippen molar-refractivity contribution in [2.24, 2.45) is 11.1 Å². The molecule has 0 aliphatic heterocycles. The summed E-state index contributed by atoms with van der Waals surface area (Å²) in [5, 5.41) is 0. The smallest absolute Gasteiger partial charge is 0.222 e. The van der Waals surface area contributed by atoms with Crippen LogP contribution in [0.4, 0.5) is 0 Å². The number of carbonyl (C=O) groups is 1. The molecule has 3 heteroatoms. The molecule has 0 radical (unpaired) electrons. The van der Waals surface area contributed by atoms with E-state index in [2.05, 4.69) is 45.0 Å². The molecule has 1 rings (SSSR count). The van der Waals surface area contributed by atoms with E-state index in [0.717, 1.165) is 12.8 Å². The fraction of sp³-hybridized carbons (Fsp3) is 0.588. The molecule has 3 nitrogen and oxygen atoms in total. The minimum Gasteiger partial charge on any atom is -0.345 e. The quantitative estimate of drug-likeness (QED) is 0.832. The molecule has 1 aromatic carbocycles. The maximum atomic E-state index is 12.1. The van der Waals surface area contributed by atoms with E-state index in [1.807, 2.05) is 7.05 Å². The van der Waals surface area contributed by atoms with Crippen molar-refractivity contribution in [1.29, 1.82) is 0 Å². The normalized spacial score (nSPS) is 11.4. The molecule has 0 bridgehead atoms. The van der Waals surface area contributed by atoms with Crippen LogP contribution >= 0.6 is 0 Å². The van der Waals surface area contributed by atoms with E-state index in [-0.39, 0.29) is 11.3 Å². The Hall–Kier alpha value is -1.35. The fourth-order valence-electron chi connectivity index (χ4n) is 2.18. The lowest BCUT2D eigenvalue weighted by atomic mass is 9.93. The summed E-state index contributed by atoms with van der Waals surface area (Å²) >= 11 is 0. The fourth-order valence-corrected chi connectivity index (χ4v) is 2.18. The zero-order valence-electron chi connectivity index (χ0n) is 13.3. The van der Waals surface area contributed by atoms with Crippen molar-refractivity contribution in [1.82, 2.24) is 4.90 Å². The van der Waals surface area contributed by atoms with Gasteiger partial charge in [-0.2, -0.15) is 0 Å². The van der Waals surface area contributed by atoms with Crippen LogP contribution in [0.25, 0.3) is 0 Å². The van der Waals surface area contributed by atoms with Crippen LogP contribution in [-0.4, -0.2) is 30.9 Å². The molecule has 1 amide bonds. The van der Waals surface area contributed by atoms with Crippen molar-refractivity contribution in [3.8, 4) is 0 Å². The maximum Gasteiger partial charge on any atom is 0.222 e. The molecule has 0 heterocycles. The van der Waals surface area contributed by atoms with Gasteiger partial charge in [0.15, 0.2) is 0 Å². The number of nitrogens with two attached hydrogens (primary N) is 1. The summed E-state index contributed by atoms with van der Waals surface area (Å²) in [6, 6.07) is 8.52. The standard InChI is InChI=1S/C17H28N2O/c1-5-14-6-8-15(9-7-14)10-11-16(20)19(4)13-17(2,3)12-18/h6-9H,5,10-13,18H2,1-4H3. The zero-order valence-corrected chi connectivity index (χ0v) is 13.3. The molecule has 2 N–H and O–H groups in total. The first-order valence-corrected chi connectivity index (χ1v) is 7.40. The van der Waals surface area contributed by atoms with Crippen LogP contribution in [0, 0.1) is 5.41 Å². The summed E-state index contributed by atoms with van der Waals surface area (Å²) in [7, 11) is 1.86. The van der Waals surface area contributed by atoms with Crippen molar-refractivity contribution in [3.63, 3.8) is 0 Å².